The minimum absolute atomic E-state index is 0.207. The van der Waals surface area contributed by atoms with E-state index in [-0.39, 0.29) is 18.3 Å². The molecule has 2 aromatic carbocycles. The predicted octanol–water partition coefficient (Wildman–Crippen LogP) is 3.58. The molecule has 0 saturated heterocycles. The van der Waals surface area contributed by atoms with Crippen molar-refractivity contribution in [3.05, 3.63) is 58.4 Å². The average molecular weight is 398 g/mol. The van der Waals surface area contributed by atoms with Crippen LogP contribution in [0.1, 0.15) is 29.3 Å². The molecule has 0 spiro atoms. The zero-order chi connectivity index (χ0) is 20.1. The van der Waals surface area contributed by atoms with Crippen molar-refractivity contribution in [1.82, 2.24) is 4.57 Å². The fourth-order valence-electron chi connectivity index (χ4n) is 2.85. The van der Waals surface area contributed by atoms with Crippen molar-refractivity contribution in [1.29, 1.82) is 0 Å². The second kappa shape index (κ2) is 8.84. The van der Waals surface area contributed by atoms with Gasteiger partial charge >= 0.3 is 5.97 Å². The topological polar surface area (TPSA) is 69.9 Å². The number of aromatic nitrogens is 1. The highest BCUT2D eigenvalue weighted by atomic mass is 32.1. The zero-order valence-electron chi connectivity index (χ0n) is 16.1. The molecule has 0 atom stereocenters. The zero-order valence-corrected chi connectivity index (χ0v) is 16.9. The molecule has 0 fully saturated rings. The van der Waals surface area contributed by atoms with Gasteiger partial charge in [-0.05, 0) is 42.3 Å². The Hall–Kier alpha value is -2.93. The number of aryl methyl sites for hydroxylation is 2. The summed E-state index contributed by atoms with van der Waals surface area (Å²) in [6.45, 7) is 2.49. The Labute approximate surface area is 167 Å². The van der Waals surface area contributed by atoms with Crippen molar-refractivity contribution in [2.45, 2.75) is 26.3 Å². The van der Waals surface area contributed by atoms with Crippen LogP contribution in [0.5, 0.6) is 5.75 Å². The van der Waals surface area contributed by atoms with E-state index in [1.54, 1.807) is 31.4 Å². The number of esters is 1. The van der Waals surface area contributed by atoms with E-state index in [9.17, 15) is 9.59 Å². The maximum Gasteiger partial charge on any atom is 0.307 e. The van der Waals surface area contributed by atoms with Crippen LogP contribution in [0.2, 0.25) is 0 Å². The number of carbonyl (C=O) groups excluding carboxylic acids is 2. The molecule has 1 heterocycles. The lowest BCUT2D eigenvalue weighted by Gasteiger charge is -2.05. The third-order valence-corrected chi connectivity index (χ3v) is 5.48. The number of hydrogen-bond acceptors (Lipinski definition) is 5. The van der Waals surface area contributed by atoms with Gasteiger partial charge in [0.15, 0.2) is 4.80 Å². The maximum absolute atomic E-state index is 12.7. The van der Waals surface area contributed by atoms with E-state index in [1.165, 1.54) is 24.0 Å². The van der Waals surface area contributed by atoms with Crippen LogP contribution in [0, 0.1) is 0 Å². The molecule has 1 amide bonds. The lowest BCUT2D eigenvalue weighted by atomic mass is 10.2. The normalized spacial score (nSPS) is 11.6. The van der Waals surface area contributed by atoms with Gasteiger partial charge in [0.05, 0.1) is 30.9 Å². The molecule has 7 heteroatoms. The molecule has 0 saturated carbocycles. The van der Waals surface area contributed by atoms with E-state index in [0.717, 1.165) is 16.6 Å². The second-order valence-electron chi connectivity index (χ2n) is 6.17. The average Bonchev–Trinajstić information content (AvgIpc) is 3.07. The molecule has 0 bridgehead atoms. The van der Waals surface area contributed by atoms with Gasteiger partial charge < -0.3 is 14.0 Å². The fraction of sp³-hybridized carbons (Fsp3) is 0.286. The first kappa shape index (κ1) is 19.8. The van der Waals surface area contributed by atoms with Crippen molar-refractivity contribution >= 4 is 33.4 Å². The summed E-state index contributed by atoms with van der Waals surface area (Å²) >= 11 is 1.44. The van der Waals surface area contributed by atoms with Crippen molar-refractivity contribution in [3.63, 3.8) is 0 Å². The summed E-state index contributed by atoms with van der Waals surface area (Å²) in [6, 6.07) is 13.1. The Morgan fingerprint density at radius 1 is 1.14 bits per heavy atom. The second-order valence-corrected chi connectivity index (χ2v) is 7.18. The molecule has 0 radical (unpaired) electrons. The van der Waals surface area contributed by atoms with Crippen LogP contribution in [-0.4, -0.2) is 30.7 Å². The molecule has 6 nitrogen and oxygen atoms in total. The van der Waals surface area contributed by atoms with Crippen LogP contribution in [0.15, 0.2) is 47.5 Å². The summed E-state index contributed by atoms with van der Waals surface area (Å²) in [5, 5.41) is 0. The van der Waals surface area contributed by atoms with Crippen LogP contribution in [-0.2, 0) is 22.5 Å². The quantitative estimate of drug-likeness (QED) is 0.595. The number of fused-ring (bicyclic) bond motifs is 1. The van der Waals surface area contributed by atoms with Crippen LogP contribution in [0.3, 0.4) is 0 Å². The summed E-state index contributed by atoms with van der Waals surface area (Å²) in [7, 11) is 2.92. The Bertz CT molecular complexity index is 1080. The van der Waals surface area contributed by atoms with Gasteiger partial charge in [-0.15, -0.1) is 0 Å². The smallest absolute Gasteiger partial charge is 0.307 e. The molecule has 0 aliphatic heterocycles. The first-order valence-corrected chi connectivity index (χ1v) is 9.79. The molecule has 3 rings (SSSR count). The third-order valence-electron chi connectivity index (χ3n) is 4.44. The first-order valence-electron chi connectivity index (χ1n) is 8.98. The first-order chi connectivity index (χ1) is 13.5. The minimum atomic E-state index is -0.354. The van der Waals surface area contributed by atoms with Gasteiger partial charge in [0.2, 0.25) is 0 Å². The monoisotopic (exact) mass is 398 g/mol. The van der Waals surface area contributed by atoms with Gasteiger partial charge in [-0.2, -0.15) is 4.99 Å². The van der Waals surface area contributed by atoms with Crippen molar-refractivity contribution < 1.29 is 19.1 Å². The van der Waals surface area contributed by atoms with Gasteiger partial charge in [0.25, 0.3) is 5.91 Å². The van der Waals surface area contributed by atoms with Gasteiger partial charge in [-0.25, -0.2) is 0 Å². The van der Waals surface area contributed by atoms with E-state index < -0.39 is 0 Å². The Morgan fingerprint density at radius 2 is 1.96 bits per heavy atom. The number of methoxy groups -OCH3 is 2. The molecule has 1 aromatic heterocycles. The van der Waals surface area contributed by atoms with Gasteiger partial charge in [0.1, 0.15) is 5.75 Å². The third kappa shape index (κ3) is 4.31. The Balaban J connectivity index is 2.07. The minimum Gasteiger partial charge on any atom is -0.497 e. The molecule has 0 unspecified atom stereocenters. The SMILES string of the molecule is CCc1ccc2c(c1)sc(=NC(=O)c1cccc(OC)c1)n2CCC(=O)OC. The Kier molecular flexibility index (Phi) is 6.26. The van der Waals surface area contributed by atoms with E-state index in [1.807, 2.05) is 10.6 Å². The van der Waals surface area contributed by atoms with Crippen LogP contribution in [0.4, 0.5) is 0 Å². The van der Waals surface area contributed by atoms with Crippen molar-refractivity contribution in [2.24, 2.45) is 4.99 Å². The van der Waals surface area contributed by atoms with Crippen LogP contribution < -0.4 is 9.54 Å². The number of thiazole rings is 1. The number of carbonyl (C=O) groups is 2. The summed E-state index contributed by atoms with van der Waals surface area (Å²) in [6.07, 6.45) is 1.13. The van der Waals surface area contributed by atoms with Gasteiger partial charge in [0, 0.05) is 12.1 Å². The van der Waals surface area contributed by atoms with Crippen LogP contribution in [0.25, 0.3) is 10.2 Å². The standard InChI is InChI=1S/C21H22N2O4S/c1-4-14-8-9-17-18(12-14)28-21(23(17)11-10-19(24)27-3)22-20(25)15-6-5-7-16(13-15)26-2/h5-9,12-13H,4,10-11H2,1-3H3. The molecule has 146 valence electrons. The fourth-order valence-corrected chi connectivity index (χ4v) is 3.97. The highest BCUT2D eigenvalue weighted by molar-refractivity contribution is 7.16. The molecular formula is C21H22N2O4S. The number of rotatable bonds is 6. The lowest BCUT2D eigenvalue weighted by molar-refractivity contribution is -0.140. The molecule has 0 N–H and O–H groups in total. The number of ether oxygens (including phenoxy) is 2. The number of amides is 1. The van der Waals surface area contributed by atoms with Crippen LogP contribution >= 0.6 is 11.3 Å². The van der Waals surface area contributed by atoms with E-state index in [0.29, 0.717) is 22.7 Å². The summed E-state index contributed by atoms with van der Waals surface area (Å²) in [4.78, 5) is 29.2. The molecule has 0 aliphatic rings. The Morgan fingerprint density at radius 3 is 2.68 bits per heavy atom. The van der Waals surface area contributed by atoms with E-state index in [4.69, 9.17) is 9.47 Å². The highest BCUT2D eigenvalue weighted by Crippen LogP contribution is 2.20. The van der Waals surface area contributed by atoms with Crippen molar-refractivity contribution in [3.8, 4) is 5.75 Å². The maximum atomic E-state index is 12.7. The lowest BCUT2D eigenvalue weighted by Crippen LogP contribution is -2.19. The van der Waals surface area contributed by atoms with Gasteiger partial charge in [-0.1, -0.05) is 30.4 Å². The number of nitrogens with zero attached hydrogens (tertiary/aromatic N) is 2. The summed E-state index contributed by atoms with van der Waals surface area (Å²) < 4.78 is 12.9. The van der Waals surface area contributed by atoms with E-state index in [2.05, 4.69) is 24.0 Å². The summed E-state index contributed by atoms with van der Waals surface area (Å²) in [5.41, 5.74) is 2.61. The highest BCUT2D eigenvalue weighted by Gasteiger charge is 2.12. The molecule has 0 aliphatic carbocycles. The molecule has 28 heavy (non-hydrogen) atoms. The number of hydrogen-bond donors (Lipinski definition) is 0. The molecular weight excluding hydrogens is 376 g/mol. The van der Waals surface area contributed by atoms with Gasteiger partial charge in [-0.3, -0.25) is 9.59 Å². The largest absolute Gasteiger partial charge is 0.497 e. The molecule has 3 aromatic rings. The van der Waals surface area contributed by atoms with Crippen molar-refractivity contribution in [2.75, 3.05) is 14.2 Å². The summed E-state index contributed by atoms with van der Waals surface area (Å²) in [5.74, 6) is -0.0568. The predicted molar refractivity (Wildman–Crippen MR) is 109 cm³/mol. The van der Waals surface area contributed by atoms with E-state index >= 15 is 0 Å². The number of benzene rings is 2.